The Labute approximate surface area is 123 Å². The number of nitrogens with zero attached hydrogens (tertiary/aromatic N) is 1. The Hall–Kier alpha value is -2.19. The molecule has 0 bridgehead atoms. The second kappa shape index (κ2) is 6.06. The molecule has 0 fully saturated rings. The molecule has 1 aliphatic carbocycles. The molecule has 0 saturated carbocycles. The summed E-state index contributed by atoms with van der Waals surface area (Å²) in [5, 5.41) is 11.9. The van der Waals surface area contributed by atoms with E-state index in [2.05, 4.69) is 11.4 Å². The molecule has 1 N–H and O–H groups in total. The van der Waals surface area contributed by atoms with E-state index >= 15 is 0 Å². The lowest BCUT2D eigenvalue weighted by Crippen LogP contribution is -2.50. The van der Waals surface area contributed by atoms with E-state index in [-0.39, 0.29) is 18.3 Å². The van der Waals surface area contributed by atoms with Crippen molar-refractivity contribution in [1.82, 2.24) is 5.32 Å². The van der Waals surface area contributed by atoms with Crippen molar-refractivity contribution in [1.29, 1.82) is 5.26 Å². The van der Waals surface area contributed by atoms with Crippen LogP contribution < -0.4 is 5.32 Å². The smallest absolute Gasteiger partial charge is 0.228 e. The van der Waals surface area contributed by atoms with E-state index in [9.17, 15) is 14.9 Å². The normalized spacial score (nSPS) is 20.0. The van der Waals surface area contributed by atoms with Crippen molar-refractivity contribution in [3.63, 3.8) is 0 Å². The van der Waals surface area contributed by atoms with Gasteiger partial charge in [-0.2, -0.15) is 5.26 Å². The van der Waals surface area contributed by atoms with Gasteiger partial charge < -0.3 is 10.1 Å². The molecule has 21 heavy (non-hydrogen) atoms. The number of nitriles is 1. The van der Waals surface area contributed by atoms with Crippen LogP contribution in [0.25, 0.3) is 0 Å². The average molecular weight is 286 g/mol. The fourth-order valence-corrected chi connectivity index (χ4v) is 2.64. The summed E-state index contributed by atoms with van der Waals surface area (Å²) in [5.74, 6) is -0.575. The summed E-state index contributed by atoms with van der Waals surface area (Å²) in [7, 11) is 1.48. The Kier molecular flexibility index (Phi) is 4.39. The van der Waals surface area contributed by atoms with Crippen molar-refractivity contribution in [3.05, 3.63) is 35.4 Å². The first-order chi connectivity index (χ1) is 10.0. The van der Waals surface area contributed by atoms with Crippen molar-refractivity contribution in [2.45, 2.75) is 31.2 Å². The van der Waals surface area contributed by atoms with Gasteiger partial charge in [0, 0.05) is 19.1 Å². The molecule has 2 atom stereocenters. The van der Waals surface area contributed by atoms with Crippen molar-refractivity contribution in [2.24, 2.45) is 0 Å². The number of methoxy groups -OCH3 is 1. The first-order valence-electron chi connectivity index (χ1n) is 6.85. The molecule has 2 rings (SSSR count). The summed E-state index contributed by atoms with van der Waals surface area (Å²) in [5.41, 5.74) is 0.278. The molecule has 5 nitrogen and oxygen atoms in total. The van der Waals surface area contributed by atoms with Crippen molar-refractivity contribution in [3.8, 4) is 6.07 Å². The maximum atomic E-state index is 12.5. The molecule has 0 saturated heterocycles. The van der Waals surface area contributed by atoms with Gasteiger partial charge in [0.25, 0.3) is 0 Å². The molecule has 1 aromatic rings. The van der Waals surface area contributed by atoms with Gasteiger partial charge in [-0.25, -0.2) is 0 Å². The minimum atomic E-state index is -1.07. The number of ketones is 1. The van der Waals surface area contributed by atoms with Gasteiger partial charge in [-0.05, 0) is 18.9 Å². The largest absolute Gasteiger partial charge is 0.381 e. The lowest BCUT2D eigenvalue weighted by Gasteiger charge is -2.28. The number of amides is 1. The van der Waals surface area contributed by atoms with Gasteiger partial charge in [0.05, 0.1) is 18.6 Å². The molecule has 1 aliphatic rings. The molecular formula is C16H18N2O3. The number of hydrogen-bond acceptors (Lipinski definition) is 4. The van der Waals surface area contributed by atoms with Crippen molar-refractivity contribution >= 4 is 11.7 Å². The first kappa shape index (κ1) is 15.2. The van der Waals surface area contributed by atoms with E-state index < -0.39 is 11.5 Å². The van der Waals surface area contributed by atoms with Crippen LogP contribution >= 0.6 is 0 Å². The van der Waals surface area contributed by atoms with E-state index in [0.29, 0.717) is 18.4 Å². The molecule has 0 unspecified atom stereocenters. The number of rotatable bonds is 4. The zero-order chi connectivity index (χ0) is 15.5. The highest BCUT2D eigenvalue weighted by Crippen LogP contribution is 2.32. The minimum absolute atomic E-state index is 0.0644. The number of carbonyl (C=O) groups is 2. The highest BCUT2D eigenvalue weighted by molar-refractivity contribution is 6.01. The fourth-order valence-electron chi connectivity index (χ4n) is 2.64. The summed E-state index contributed by atoms with van der Waals surface area (Å²) in [6, 6.07) is 9.22. The number of ether oxygens (including phenoxy) is 1. The first-order valence-corrected chi connectivity index (χ1v) is 6.85. The summed E-state index contributed by atoms with van der Waals surface area (Å²) in [4.78, 5) is 24.4. The van der Waals surface area contributed by atoms with Gasteiger partial charge >= 0.3 is 0 Å². The van der Waals surface area contributed by atoms with E-state index in [1.165, 1.54) is 7.11 Å². The molecule has 5 heteroatoms. The Balaban J connectivity index is 2.24. The highest BCUT2D eigenvalue weighted by Gasteiger charge is 2.34. The van der Waals surface area contributed by atoms with Gasteiger partial charge in [0.2, 0.25) is 5.91 Å². The van der Waals surface area contributed by atoms with Crippen LogP contribution in [0, 0.1) is 11.3 Å². The monoisotopic (exact) mass is 286 g/mol. The Bertz CT molecular complexity index is 606. The molecule has 0 radical (unpaired) electrons. The molecule has 0 spiro atoms. The van der Waals surface area contributed by atoms with Crippen LogP contribution in [0.2, 0.25) is 0 Å². The van der Waals surface area contributed by atoms with Crippen LogP contribution in [0.1, 0.15) is 41.6 Å². The van der Waals surface area contributed by atoms with E-state index in [1.54, 1.807) is 25.1 Å². The number of fused-ring (bicyclic) bond motifs is 1. The highest BCUT2D eigenvalue weighted by atomic mass is 16.5. The number of nitrogens with one attached hydrogen (secondary N) is 1. The standard InChI is InChI=1S/C16H18N2O3/c1-16(9-17,10-21-2)18-15(20)13-7-8-14(19)12-6-4-3-5-11(12)13/h3-6,13H,7-8,10H2,1-2H3,(H,18,20)/t13-,16+/m1/s1. The average Bonchev–Trinajstić information content (AvgIpc) is 2.48. The third-order valence-corrected chi connectivity index (χ3v) is 3.69. The van der Waals surface area contributed by atoms with Crippen LogP contribution in [-0.2, 0) is 9.53 Å². The van der Waals surface area contributed by atoms with Crippen LogP contribution in [0.5, 0.6) is 0 Å². The third kappa shape index (κ3) is 3.11. The van der Waals surface area contributed by atoms with Crippen LogP contribution in [0.15, 0.2) is 24.3 Å². The molecule has 0 aliphatic heterocycles. The summed E-state index contributed by atoms with van der Waals surface area (Å²) < 4.78 is 4.98. The topological polar surface area (TPSA) is 79.2 Å². The second-order valence-corrected chi connectivity index (χ2v) is 5.47. The molecule has 1 amide bonds. The second-order valence-electron chi connectivity index (χ2n) is 5.47. The number of hydrogen-bond donors (Lipinski definition) is 1. The molecule has 0 heterocycles. The predicted molar refractivity (Wildman–Crippen MR) is 76.8 cm³/mol. The van der Waals surface area contributed by atoms with Crippen LogP contribution in [0.4, 0.5) is 0 Å². The molecule has 1 aromatic carbocycles. The fraction of sp³-hybridized carbons (Fsp3) is 0.438. The predicted octanol–water partition coefficient (Wildman–Crippen LogP) is 1.79. The van der Waals surface area contributed by atoms with Gasteiger partial charge in [-0.3, -0.25) is 9.59 Å². The lowest BCUT2D eigenvalue weighted by molar-refractivity contribution is -0.124. The van der Waals surface area contributed by atoms with Gasteiger partial charge in [-0.1, -0.05) is 24.3 Å². The summed E-state index contributed by atoms with van der Waals surface area (Å²) in [6.07, 6.45) is 0.818. The Morgan fingerprint density at radius 3 is 2.90 bits per heavy atom. The molecule has 110 valence electrons. The quantitative estimate of drug-likeness (QED) is 0.915. The van der Waals surface area contributed by atoms with Crippen molar-refractivity contribution in [2.75, 3.05) is 13.7 Å². The number of carbonyl (C=O) groups excluding carboxylic acids is 2. The molecule has 0 aromatic heterocycles. The van der Waals surface area contributed by atoms with E-state index in [0.717, 1.165) is 5.56 Å². The zero-order valence-corrected chi connectivity index (χ0v) is 12.2. The van der Waals surface area contributed by atoms with Gasteiger partial charge in [0.15, 0.2) is 5.78 Å². The van der Waals surface area contributed by atoms with Gasteiger partial charge in [-0.15, -0.1) is 0 Å². The minimum Gasteiger partial charge on any atom is -0.381 e. The SMILES string of the molecule is COC[C@](C)(C#N)NC(=O)[C@@H]1CCC(=O)c2ccccc21. The Morgan fingerprint density at radius 2 is 2.24 bits per heavy atom. The maximum Gasteiger partial charge on any atom is 0.228 e. The van der Waals surface area contributed by atoms with Crippen LogP contribution in [0.3, 0.4) is 0 Å². The van der Waals surface area contributed by atoms with E-state index in [4.69, 9.17) is 4.74 Å². The summed E-state index contributed by atoms with van der Waals surface area (Å²) >= 11 is 0. The maximum absolute atomic E-state index is 12.5. The van der Waals surface area contributed by atoms with E-state index in [1.807, 2.05) is 6.07 Å². The molecular weight excluding hydrogens is 268 g/mol. The number of benzene rings is 1. The lowest BCUT2D eigenvalue weighted by atomic mass is 9.81. The van der Waals surface area contributed by atoms with Crippen LogP contribution in [-0.4, -0.2) is 30.9 Å². The van der Waals surface area contributed by atoms with Gasteiger partial charge in [0.1, 0.15) is 5.54 Å². The third-order valence-electron chi connectivity index (χ3n) is 3.69. The summed E-state index contributed by atoms with van der Waals surface area (Å²) in [6.45, 7) is 1.73. The zero-order valence-electron chi connectivity index (χ0n) is 12.2. The van der Waals surface area contributed by atoms with Crippen molar-refractivity contribution < 1.29 is 14.3 Å². The number of Topliss-reactive ketones (excluding diaryl/α,β-unsaturated/α-hetero) is 1. The Morgan fingerprint density at radius 1 is 1.52 bits per heavy atom.